The van der Waals surface area contributed by atoms with Crippen LogP contribution in [0.15, 0.2) is 61.2 Å². The number of carbonyl (C=O) groups excluding carboxylic acids is 2. The minimum atomic E-state index is -0.629. The summed E-state index contributed by atoms with van der Waals surface area (Å²) < 4.78 is 0. The van der Waals surface area contributed by atoms with Gasteiger partial charge in [0.2, 0.25) is 0 Å². The van der Waals surface area contributed by atoms with E-state index in [-0.39, 0.29) is 12.6 Å². The Kier molecular flexibility index (Phi) is 7.25. The summed E-state index contributed by atoms with van der Waals surface area (Å²) >= 11 is 0. The summed E-state index contributed by atoms with van der Waals surface area (Å²) in [4.78, 5) is 27.6. The monoisotopic (exact) mass is 407 g/mol. The third-order valence-electron chi connectivity index (χ3n) is 5.64. The van der Waals surface area contributed by atoms with Gasteiger partial charge < -0.3 is 20.4 Å². The third-order valence-corrected chi connectivity index (χ3v) is 5.64. The second-order valence-corrected chi connectivity index (χ2v) is 7.85. The van der Waals surface area contributed by atoms with E-state index in [1.807, 2.05) is 14.1 Å². The Labute approximate surface area is 178 Å². The molecule has 1 aliphatic rings. The van der Waals surface area contributed by atoms with Gasteiger partial charge in [-0.05, 0) is 17.7 Å². The number of amides is 2. The predicted octanol–water partition coefficient (Wildman–Crippen LogP) is 0.853. The molecule has 0 aliphatic carbocycles. The highest BCUT2D eigenvalue weighted by Gasteiger charge is 2.29. The van der Waals surface area contributed by atoms with E-state index in [1.165, 1.54) is 16.0 Å². The Balaban J connectivity index is 1.77. The molecule has 6 heteroatoms. The fourth-order valence-electron chi connectivity index (χ4n) is 3.92. The maximum atomic E-state index is 12.2. The lowest BCUT2D eigenvalue weighted by Gasteiger charge is -2.33. The standard InChI is InChI=1S/C24H30N4O2/c1-4-14-25-23(29)24(30)26-16-22(19-9-11-21(12-10-19)27(2)3)28-15-13-18-7-5-6-8-20(18)17-28/h4-12,22H,1,13-17H2,2-3H3,(H,25,29)(H,26,30)/p+1/t22-/m1/s1. The fourth-order valence-corrected chi connectivity index (χ4v) is 3.92. The van der Waals surface area contributed by atoms with Crippen LogP contribution in [0.1, 0.15) is 22.7 Å². The number of fused-ring (bicyclic) bond motifs is 1. The zero-order valence-electron chi connectivity index (χ0n) is 17.8. The lowest BCUT2D eigenvalue weighted by molar-refractivity contribution is -0.945. The van der Waals surface area contributed by atoms with Crippen LogP contribution < -0.4 is 20.4 Å². The first-order valence-electron chi connectivity index (χ1n) is 10.3. The molecule has 0 radical (unpaired) electrons. The van der Waals surface area contributed by atoms with Crippen molar-refractivity contribution in [2.24, 2.45) is 0 Å². The van der Waals surface area contributed by atoms with E-state index in [0.717, 1.165) is 30.8 Å². The van der Waals surface area contributed by atoms with Crippen molar-refractivity contribution in [3.8, 4) is 0 Å². The number of rotatable bonds is 7. The van der Waals surface area contributed by atoms with Gasteiger partial charge in [-0.3, -0.25) is 9.59 Å². The Bertz CT molecular complexity index is 892. The van der Waals surface area contributed by atoms with E-state index in [4.69, 9.17) is 0 Å². The van der Waals surface area contributed by atoms with Gasteiger partial charge in [0.25, 0.3) is 0 Å². The minimum absolute atomic E-state index is 0.0609. The number of hydrogen-bond acceptors (Lipinski definition) is 3. The van der Waals surface area contributed by atoms with Crippen LogP contribution in [0.5, 0.6) is 0 Å². The Morgan fingerprint density at radius 3 is 2.40 bits per heavy atom. The lowest BCUT2D eigenvalue weighted by atomic mass is 9.96. The van der Waals surface area contributed by atoms with Crippen LogP contribution >= 0.6 is 0 Å². The van der Waals surface area contributed by atoms with Gasteiger partial charge in [0.05, 0.1) is 13.1 Å². The molecule has 3 rings (SSSR count). The molecule has 2 aromatic rings. The van der Waals surface area contributed by atoms with Gasteiger partial charge in [-0.15, -0.1) is 6.58 Å². The molecule has 1 unspecified atom stereocenters. The summed E-state index contributed by atoms with van der Waals surface area (Å²) in [5.41, 5.74) is 5.03. The van der Waals surface area contributed by atoms with Gasteiger partial charge in [0.15, 0.2) is 0 Å². The lowest BCUT2D eigenvalue weighted by Crippen LogP contribution is -3.12. The molecular weight excluding hydrogens is 376 g/mol. The van der Waals surface area contributed by atoms with Gasteiger partial charge in [-0.25, -0.2) is 0 Å². The second-order valence-electron chi connectivity index (χ2n) is 7.85. The maximum absolute atomic E-state index is 12.2. The van der Waals surface area contributed by atoms with Gasteiger partial charge in [-0.1, -0.05) is 42.5 Å². The number of carbonyl (C=O) groups is 2. The number of hydrogen-bond donors (Lipinski definition) is 3. The van der Waals surface area contributed by atoms with Gasteiger partial charge in [0.1, 0.15) is 12.6 Å². The van der Waals surface area contributed by atoms with Crippen molar-refractivity contribution >= 4 is 17.5 Å². The first-order valence-corrected chi connectivity index (χ1v) is 10.3. The van der Waals surface area contributed by atoms with Crippen LogP contribution in [0.2, 0.25) is 0 Å². The molecule has 1 heterocycles. The normalized spacial score (nSPS) is 16.1. The van der Waals surface area contributed by atoms with Crippen LogP contribution in [-0.2, 0) is 22.6 Å². The van der Waals surface area contributed by atoms with Crippen molar-refractivity contribution in [1.29, 1.82) is 0 Å². The van der Waals surface area contributed by atoms with E-state index in [0.29, 0.717) is 6.54 Å². The number of anilines is 1. The second kappa shape index (κ2) is 10.1. The van der Waals surface area contributed by atoms with Crippen LogP contribution in [-0.4, -0.2) is 45.5 Å². The fraction of sp³-hybridized carbons (Fsp3) is 0.333. The van der Waals surface area contributed by atoms with Gasteiger partial charge >= 0.3 is 11.8 Å². The summed E-state index contributed by atoms with van der Waals surface area (Å²) in [6.07, 6.45) is 2.56. The molecular formula is C24H31N4O2+. The molecule has 3 N–H and O–H groups in total. The van der Waals surface area contributed by atoms with Crippen LogP contribution in [0.4, 0.5) is 5.69 Å². The first kappa shape index (κ1) is 21.6. The van der Waals surface area contributed by atoms with Crippen LogP contribution in [0.3, 0.4) is 0 Å². The SMILES string of the molecule is C=CCNC(=O)C(=O)NC[C@H](c1ccc(N(C)C)cc1)[NH+]1CCc2ccccc2C1. The molecule has 2 aromatic carbocycles. The molecule has 158 valence electrons. The van der Waals surface area contributed by atoms with Gasteiger partial charge in [-0.2, -0.15) is 0 Å². The highest BCUT2D eigenvalue weighted by atomic mass is 16.2. The molecule has 1 aliphatic heterocycles. The van der Waals surface area contributed by atoms with Crippen molar-refractivity contribution in [1.82, 2.24) is 10.6 Å². The zero-order chi connectivity index (χ0) is 21.5. The molecule has 2 amide bonds. The molecule has 0 saturated carbocycles. The van der Waals surface area contributed by atoms with E-state index in [1.54, 1.807) is 6.08 Å². The molecule has 0 aromatic heterocycles. The third kappa shape index (κ3) is 5.27. The van der Waals surface area contributed by atoms with E-state index < -0.39 is 11.8 Å². The minimum Gasteiger partial charge on any atom is -0.378 e. The summed E-state index contributed by atoms with van der Waals surface area (Å²) in [6.45, 7) is 6.11. The smallest absolute Gasteiger partial charge is 0.309 e. The van der Waals surface area contributed by atoms with Crippen molar-refractivity contribution in [2.45, 2.75) is 19.0 Å². The quantitative estimate of drug-likeness (QED) is 0.471. The number of nitrogens with one attached hydrogen (secondary N) is 3. The molecule has 6 nitrogen and oxygen atoms in total. The van der Waals surface area contributed by atoms with E-state index in [2.05, 4.69) is 70.6 Å². The van der Waals surface area contributed by atoms with E-state index in [9.17, 15) is 9.59 Å². The average Bonchev–Trinajstić information content (AvgIpc) is 2.77. The largest absolute Gasteiger partial charge is 0.378 e. The highest BCUT2D eigenvalue weighted by Crippen LogP contribution is 2.18. The topological polar surface area (TPSA) is 65.9 Å². The molecule has 0 fully saturated rings. The molecule has 0 saturated heterocycles. The number of quaternary nitrogens is 1. The Morgan fingerprint density at radius 1 is 1.07 bits per heavy atom. The summed E-state index contributed by atoms with van der Waals surface area (Å²) in [5.74, 6) is -1.24. The van der Waals surface area contributed by atoms with Crippen LogP contribution in [0.25, 0.3) is 0 Å². The Morgan fingerprint density at radius 2 is 1.73 bits per heavy atom. The summed E-state index contributed by atoms with van der Waals surface area (Å²) in [5, 5.41) is 5.36. The molecule has 30 heavy (non-hydrogen) atoms. The average molecular weight is 408 g/mol. The molecule has 0 bridgehead atoms. The molecule has 2 atom stereocenters. The van der Waals surface area contributed by atoms with Crippen molar-refractivity contribution in [3.05, 3.63) is 77.9 Å². The number of nitrogens with zero attached hydrogens (tertiary/aromatic N) is 1. The Hall–Kier alpha value is -3.12. The van der Waals surface area contributed by atoms with Crippen molar-refractivity contribution < 1.29 is 14.5 Å². The van der Waals surface area contributed by atoms with Crippen molar-refractivity contribution in [2.75, 3.05) is 38.6 Å². The zero-order valence-corrected chi connectivity index (χ0v) is 17.8. The summed E-state index contributed by atoms with van der Waals surface area (Å²) in [6, 6.07) is 17.0. The summed E-state index contributed by atoms with van der Waals surface area (Å²) in [7, 11) is 4.03. The maximum Gasteiger partial charge on any atom is 0.309 e. The highest BCUT2D eigenvalue weighted by molar-refractivity contribution is 6.35. The predicted molar refractivity (Wildman–Crippen MR) is 119 cm³/mol. The molecule has 0 spiro atoms. The van der Waals surface area contributed by atoms with Gasteiger partial charge in [0, 0.05) is 43.9 Å². The van der Waals surface area contributed by atoms with Crippen molar-refractivity contribution in [3.63, 3.8) is 0 Å². The van der Waals surface area contributed by atoms with Crippen LogP contribution in [0, 0.1) is 0 Å². The number of benzene rings is 2. The first-order chi connectivity index (χ1) is 14.5. The van der Waals surface area contributed by atoms with E-state index >= 15 is 0 Å².